The predicted molar refractivity (Wildman–Crippen MR) is 99.7 cm³/mol. The fraction of sp³-hybridized carbons (Fsp3) is 0.789. The third-order valence-electron chi connectivity index (χ3n) is 4.79. The van der Waals surface area contributed by atoms with Gasteiger partial charge in [-0.3, -0.25) is 0 Å². The van der Waals surface area contributed by atoms with Crippen LogP contribution in [0.15, 0.2) is 17.4 Å². The molecule has 5 heteroatoms. The van der Waals surface area contributed by atoms with E-state index in [1.165, 1.54) is 57.8 Å². The number of nitrogens with zero attached hydrogens (tertiary/aromatic N) is 2. The van der Waals surface area contributed by atoms with E-state index < -0.39 is 5.97 Å². The van der Waals surface area contributed by atoms with Crippen LogP contribution in [-0.2, 0) is 4.79 Å². The number of aliphatic carboxylic acids is 1. The van der Waals surface area contributed by atoms with Gasteiger partial charge in [-0.15, -0.1) is 0 Å². The lowest BCUT2D eigenvalue weighted by molar-refractivity contribution is -0.778. The lowest BCUT2D eigenvalue weighted by Gasteiger charge is -2.30. The Hall–Kier alpha value is -1.20. The summed E-state index contributed by atoms with van der Waals surface area (Å²) in [6.45, 7) is 3.37. The highest BCUT2D eigenvalue weighted by Crippen LogP contribution is 2.21. The molecule has 0 spiro atoms. The van der Waals surface area contributed by atoms with Crippen LogP contribution in [0.4, 0.5) is 0 Å². The molecule has 0 bridgehead atoms. The minimum Gasteiger partial charge on any atom is -0.477 e. The van der Waals surface area contributed by atoms with Crippen molar-refractivity contribution in [1.29, 1.82) is 0 Å². The van der Waals surface area contributed by atoms with Crippen molar-refractivity contribution >= 4 is 11.8 Å². The van der Waals surface area contributed by atoms with Gasteiger partial charge in [0.1, 0.15) is 12.7 Å². The topological polar surface area (TPSA) is 75.7 Å². The molecule has 1 unspecified atom stereocenters. The van der Waals surface area contributed by atoms with Gasteiger partial charge in [-0.2, -0.15) is 0 Å². The zero-order valence-electron chi connectivity index (χ0n) is 15.4. The predicted octanol–water partition coefficient (Wildman–Crippen LogP) is 4.04. The Morgan fingerprint density at radius 3 is 2.21 bits per heavy atom. The average molecular weight is 339 g/mol. The van der Waals surface area contributed by atoms with Crippen molar-refractivity contribution in [3.63, 3.8) is 0 Å². The van der Waals surface area contributed by atoms with Gasteiger partial charge in [0.25, 0.3) is 0 Å². The molecule has 24 heavy (non-hydrogen) atoms. The van der Waals surface area contributed by atoms with Gasteiger partial charge in [-0.05, 0) is 6.42 Å². The van der Waals surface area contributed by atoms with Crippen molar-refractivity contribution in [3.05, 3.63) is 12.4 Å². The van der Waals surface area contributed by atoms with Crippen LogP contribution in [0.1, 0.15) is 77.6 Å². The SMILES string of the molecule is CCCCCCCCCCCCC1=NC=C[N+]1(CCN)CC(=O)O. The van der Waals surface area contributed by atoms with Gasteiger partial charge in [0.05, 0.1) is 6.20 Å². The number of hydrogen-bond donors (Lipinski definition) is 2. The van der Waals surface area contributed by atoms with Crippen molar-refractivity contribution in [1.82, 2.24) is 0 Å². The minimum absolute atomic E-state index is 0.0459. The molecule has 1 aliphatic heterocycles. The molecule has 0 aromatic heterocycles. The van der Waals surface area contributed by atoms with Crippen LogP contribution >= 0.6 is 0 Å². The second kappa shape index (κ2) is 12.2. The maximum absolute atomic E-state index is 11.2. The molecular formula is C19H36N3O2+. The Morgan fingerprint density at radius 2 is 1.67 bits per heavy atom. The Labute approximate surface area is 147 Å². The van der Waals surface area contributed by atoms with Crippen LogP contribution in [-0.4, -0.2) is 41.0 Å². The molecule has 0 radical (unpaired) electrons. The van der Waals surface area contributed by atoms with Crippen LogP contribution < -0.4 is 5.73 Å². The Balaban J connectivity index is 2.18. The van der Waals surface area contributed by atoms with Gasteiger partial charge < -0.3 is 10.8 Å². The third kappa shape index (κ3) is 7.58. The summed E-state index contributed by atoms with van der Waals surface area (Å²) < 4.78 is 0.309. The molecule has 0 saturated heterocycles. The van der Waals surface area contributed by atoms with Gasteiger partial charge in [0.15, 0.2) is 6.54 Å². The second-order valence-corrected chi connectivity index (χ2v) is 6.87. The van der Waals surface area contributed by atoms with Crippen molar-refractivity contribution in [2.75, 3.05) is 19.6 Å². The van der Waals surface area contributed by atoms with Gasteiger partial charge in [0.2, 0.25) is 5.84 Å². The smallest absolute Gasteiger partial charge is 0.360 e. The number of unbranched alkanes of at least 4 members (excludes halogenated alkanes) is 9. The van der Waals surface area contributed by atoms with Crippen LogP contribution in [0.25, 0.3) is 0 Å². The summed E-state index contributed by atoms with van der Waals surface area (Å²) in [5.41, 5.74) is 5.69. The molecule has 1 aliphatic rings. The first-order valence-corrected chi connectivity index (χ1v) is 9.68. The fourth-order valence-corrected chi connectivity index (χ4v) is 3.40. The highest BCUT2D eigenvalue weighted by atomic mass is 16.4. The van der Waals surface area contributed by atoms with Gasteiger partial charge >= 0.3 is 5.97 Å². The zero-order valence-corrected chi connectivity index (χ0v) is 15.4. The maximum atomic E-state index is 11.2. The first-order valence-electron chi connectivity index (χ1n) is 9.68. The summed E-state index contributed by atoms with van der Waals surface area (Å²) in [6, 6.07) is 0. The van der Waals surface area contributed by atoms with Crippen molar-refractivity contribution in [2.24, 2.45) is 10.7 Å². The molecule has 0 fully saturated rings. The molecule has 0 aliphatic carbocycles. The zero-order chi connectivity index (χ0) is 17.7. The molecule has 0 amide bonds. The first kappa shape index (κ1) is 20.8. The summed E-state index contributed by atoms with van der Waals surface area (Å²) in [7, 11) is 0. The Morgan fingerprint density at radius 1 is 1.08 bits per heavy atom. The van der Waals surface area contributed by atoms with E-state index in [0.717, 1.165) is 18.7 Å². The number of rotatable bonds is 15. The third-order valence-corrected chi connectivity index (χ3v) is 4.79. The maximum Gasteiger partial charge on any atom is 0.360 e. The molecule has 138 valence electrons. The monoisotopic (exact) mass is 338 g/mol. The van der Waals surface area contributed by atoms with Crippen molar-refractivity contribution < 1.29 is 14.4 Å². The van der Waals surface area contributed by atoms with E-state index in [2.05, 4.69) is 11.9 Å². The van der Waals surface area contributed by atoms with Gasteiger partial charge in [0, 0.05) is 13.0 Å². The van der Waals surface area contributed by atoms with E-state index in [1.54, 1.807) is 6.20 Å². The number of carbonyl (C=O) groups is 1. The van der Waals surface area contributed by atoms with Gasteiger partial charge in [-0.25, -0.2) is 14.3 Å². The summed E-state index contributed by atoms with van der Waals surface area (Å²) >= 11 is 0. The quantitative estimate of drug-likeness (QED) is 0.349. The highest BCUT2D eigenvalue weighted by Gasteiger charge is 2.36. The first-order chi connectivity index (χ1) is 11.6. The van der Waals surface area contributed by atoms with Crippen molar-refractivity contribution in [3.8, 4) is 0 Å². The number of hydrogen-bond acceptors (Lipinski definition) is 3. The number of nitrogens with two attached hydrogens (primary N) is 1. The number of quaternary nitrogens is 1. The van der Waals surface area contributed by atoms with E-state index in [0.29, 0.717) is 17.6 Å². The molecule has 0 saturated carbocycles. The molecule has 0 aromatic carbocycles. The molecule has 5 nitrogen and oxygen atoms in total. The Kier molecular flexibility index (Phi) is 10.6. The average Bonchev–Trinajstić information content (AvgIpc) is 2.91. The molecule has 1 rings (SSSR count). The lowest BCUT2D eigenvalue weighted by atomic mass is 10.1. The molecule has 0 aromatic rings. The van der Waals surface area contributed by atoms with E-state index in [-0.39, 0.29) is 6.54 Å². The number of carboxylic acids is 1. The van der Waals surface area contributed by atoms with Crippen LogP contribution in [0, 0.1) is 0 Å². The summed E-state index contributed by atoms with van der Waals surface area (Å²) in [5, 5.41) is 9.18. The number of amidine groups is 1. The lowest BCUT2D eigenvalue weighted by Crippen LogP contribution is -2.52. The summed E-state index contributed by atoms with van der Waals surface area (Å²) in [5.74, 6) is 0.160. The molecule has 3 N–H and O–H groups in total. The van der Waals surface area contributed by atoms with E-state index in [4.69, 9.17) is 5.73 Å². The fourth-order valence-electron chi connectivity index (χ4n) is 3.40. The van der Waals surface area contributed by atoms with Crippen molar-refractivity contribution in [2.45, 2.75) is 77.6 Å². The molecular weight excluding hydrogens is 302 g/mol. The highest BCUT2D eigenvalue weighted by molar-refractivity contribution is 5.81. The van der Waals surface area contributed by atoms with Crippen LogP contribution in [0.5, 0.6) is 0 Å². The standard InChI is InChI=1S/C19H35N3O2/c1-2-3-4-5-6-7-8-9-10-11-12-18-21-14-16-22(18,15-13-20)17-19(23)24/h14,16H,2-13,15,17,20H2,1H3/p+1. The largest absolute Gasteiger partial charge is 0.477 e. The van der Waals surface area contributed by atoms with E-state index >= 15 is 0 Å². The minimum atomic E-state index is -0.800. The Bertz CT molecular complexity index is 421. The van der Waals surface area contributed by atoms with E-state index in [1.807, 2.05) is 6.20 Å². The molecule has 1 heterocycles. The summed E-state index contributed by atoms with van der Waals surface area (Å²) in [4.78, 5) is 15.6. The van der Waals surface area contributed by atoms with Gasteiger partial charge in [-0.1, -0.05) is 64.7 Å². The van der Waals surface area contributed by atoms with Crippen LogP contribution in [0.3, 0.4) is 0 Å². The van der Waals surface area contributed by atoms with Crippen LogP contribution in [0.2, 0.25) is 0 Å². The second-order valence-electron chi connectivity index (χ2n) is 6.87. The number of carboxylic acid groups (broad SMARTS) is 1. The number of aliphatic imine (C=N–C) groups is 1. The molecule has 1 atom stereocenters. The summed E-state index contributed by atoms with van der Waals surface area (Å²) in [6.07, 6.45) is 17.5. The normalized spacial score (nSPS) is 19.7. The van der Waals surface area contributed by atoms with E-state index in [9.17, 15) is 9.90 Å².